The Labute approximate surface area is 406 Å². The third kappa shape index (κ3) is 5.34. The van der Waals surface area contributed by atoms with E-state index in [9.17, 15) is 0 Å². The summed E-state index contributed by atoms with van der Waals surface area (Å²) < 4.78 is 4.92. The molecule has 15 rings (SSSR count). The van der Waals surface area contributed by atoms with E-state index in [2.05, 4.69) is 275 Å². The highest BCUT2D eigenvalue weighted by molar-refractivity contribution is 6.13. The fourth-order valence-corrected chi connectivity index (χ4v) is 12.5. The Bertz CT molecular complexity index is 4200. The average Bonchev–Trinajstić information content (AvgIpc) is 4.06. The van der Waals surface area contributed by atoms with E-state index < -0.39 is 5.41 Å². The van der Waals surface area contributed by atoms with Gasteiger partial charge in [-0.2, -0.15) is 0 Å². The van der Waals surface area contributed by atoms with E-state index in [1.54, 1.807) is 0 Å². The van der Waals surface area contributed by atoms with E-state index in [1.807, 2.05) is 0 Å². The molecule has 0 N–H and O–H groups in total. The molecule has 1 aliphatic carbocycles. The summed E-state index contributed by atoms with van der Waals surface area (Å²) >= 11 is 0. The van der Waals surface area contributed by atoms with Crippen molar-refractivity contribution in [1.29, 1.82) is 0 Å². The summed E-state index contributed by atoms with van der Waals surface area (Å²) in [6, 6.07) is 96.6. The van der Waals surface area contributed by atoms with Gasteiger partial charge in [-0.15, -0.1) is 0 Å². The van der Waals surface area contributed by atoms with Gasteiger partial charge in [0.1, 0.15) is 0 Å². The van der Waals surface area contributed by atoms with Crippen LogP contribution in [0.4, 0.5) is 17.1 Å². The number of rotatable bonds is 6. The molecule has 3 nitrogen and oxygen atoms in total. The smallest absolute Gasteiger partial charge is 0.0754 e. The van der Waals surface area contributed by atoms with Gasteiger partial charge in [-0.25, -0.2) is 0 Å². The molecule has 1 aliphatic heterocycles. The fraction of sp³-hybridized carbons (Fsp3) is 0.0149. The van der Waals surface area contributed by atoms with Crippen molar-refractivity contribution in [2.24, 2.45) is 0 Å². The van der Waals surface area contributed by atoms with Crippen molar-refractivity contribution in [1.82, 2.24) is 9.13 Å². The monoisotopic (exact) mass is 889 g/mol. The molecule has 2 aromatic heterocycles. The van der Waals surface area contributed by atoms with Gasteiger partial charge in [0.15, 0.2) is 0 Å². The summed E-state index contributed by atoms with van der Waals surface area (Å²) in [7, 11) is 0. The molecule has 0 amide bonds. The summed E-state index contributed by atoms with van der Waals surface area (Å²) in [6.07, 6.45) is 0. The van der Waals surface area contributed by atoms with Crippen molar-refractivity contribution in [3.05, 3.63) is 283 Å². The lowest BCUT2D eigenvalue weighted by Crippen LogP contribution is -2.33. The summed E-state index contributed by atoms with van der Waals surface area (Å²) in [4.78, 5) is 2.47. The molecule has 0 bridgehead atoms. The first-order valence-electron chi connectivity index (χ1n) is 24.3. The third-order valence-electron chi connectivity index (χ3n) is 15.3. The zero-order valence-electron chi connectivity index (χ0n) is 38.2. The first-order chi connectivity index (χ1) is 34.8. The molecule has 1 spiro atoms. The van der Waals surface area contributed by atoms with Crippen LogP contribution in [-0.4, -0.2) is 9.13 Å². The van der Waals surface area contributed by atoms with Crippen molar-refractivity contribution < 1.29 is 0 Å². The maximum absolute atomic E-state index is 2.52. The maximum atomic E-state index is 2.52. The quantitative estimate of drug-likeness (QED) is 0.162. The summed E-state index contributed by atoms with van der Waals surface area (Å²) in [5, 5.41) is 5.07. The van der Waals surface area contributed by atoms with Crippen molar-refractivity contribution >= 4 is 60.7 Å². The Balaban J connectivity index is 0.966. The third-order valence-corrected chi connectivity index (χ3v) is 15.3. The minimum absolute atomic E-state index is 0.532. The second-order valence-corrected chi connectivity index (χ2v) is 18.8. The minimum Gasteiger partial charge on any atom is -0.310 e. The van der Waals surface area contributed by atoms with Crippen LogP contribution in [0, 0.1) is 0 Å². The molecule has 326 valence electrons. The van der Waals surface area contributed by atoms with Crippen LogP contribution >= 0.6 is 0 Å². The lowest BCUT2D eigenvalue weighted by Gasteiger charge is -2.39. The number of nitrogens with zero attached hydrogens (tertiary/aromatic N) is 3. The average molecular weight is 890 g/mol. The van der Waals surface area contributed by atoms with Gasteiger partial charge < -0.3 is 14.0 Å². The molecule has 3 heterocycles. The van der Waals surface area contributed by atoms with Crippen LogP contribution in [0.5, 0.6) is 0 Å². The van der Waals surface area contributed by atoms with Crippen LogP contribution in [0.15, 0.2) is 261 Å². The van der Waals surface area contributed by atoms with Crippen LogP contribution in [0.25, 0.3) is 88.4 Å². The molecule has 0 radical (unpaired) electrons. The van der Waals surface area contributed by atoms with E-state index in [4.69, 9.17) is 0 Å². The summed E-state index contributed by atoms with van der Waals surface area (Å²) in [6.45, 7) is 0. The lowest BCUT2D eigenvalue weighted by atomic mass is 9.65. The molecular formula is C67H43N3. The molecule has 1 unspecified atom stereocenters. The molecule has 70 heavy (non-hydrogen) atoms. The van der Waals surface area contributed by atoms with Crippen molar-refractivity contribution in [3.63, 3.8) is 0 Å². The lowest BCUT2D eigenvalue weighted by molar-refractivity contribution is 0.748. The van der Waals surface area contributed by atoms with Crippen molar-refractivity contribution in [2.45, 2.75) is 5.41 Å². The second-order valence-electron chi connectivity index (χ2n) is 18.8. The number of aromatic nitrogens is 2. The van der Waals surface area contributed by atoms with Crippen LogP contribution in [0.1, 0.15) is 22.3 Å². The van der Waals surface area contributed by atoms with Gasteiger partial charge in [-0.1, -0.05) is 188 Å². The first kappa shape index (κ1) is 38.9. The summed E-state index contributed by atoms with van der Waals surface area (Å²) in [5.74, 6) is 0. The standard InChI is InChI=1S/C67H43N3/c1-2-18-44(19-3-1)45-20-16-21-46(42-45)50-22-5-11-31-61(50)68(47-36-38-48(39-37-47)69-62-32-12-6-24-52(62)53-25-7-13-33-63(53)69)49-40-41-58-56(43-49)51-23-4-9-28-57(51)67(58)59-29-10-15-35-65(59)70-64-34-14-8-26-54(64)55-27-17-30-60(67)66(55)70/h1-43H. The van der Waals surface area contributed by atoms with E-state index in [-0.39, 0.29) is 0 Å². The number of fused-ring (bicyclic) bond motifs is 15. The van der Waals surface area contributed by atoms with Gasteiger partial charge >= 0.3 is 0 Å². The predicted molar refractivity (Wildman–Crippen MR) is 292 cm³/mol. The van der Waals surface area contributed by atoms with Gasteiger partial charge in [0.2, 0.25) is 0 Å². The van der Waals surface area contributed by atoms with Crippen LogP contribution in [-0.2, 0) is 5.41 Å². The number of benzene rings is 11. The van der Waals surface area contributed by atoms with Crippen molar-refractivity contribution in [2.75, 3.05) is 4.90 Å². The van der Waals surface area contributed by atoms with E-state index >= 15 is 0 Å². The van der Waals surface area contributed by atoms with E-state index in [0.717, 1.165) is 33.9 Å². The normalized spacial score (nSPS) is 14.3. The van der Waals surface area contributed by atoms with E-state index in [0.29, 0.717) is 0 Å². The van der Waals surface area contributed by atoms with Gasteiger partial charge in [0.05, 0.1) is 38.9 Å². The number of anilines is 3. The molecule has 1 atom stereocenters. The highest BCUT2D eigenvalue weighted by Gasteiger charge is 2.51. The fourth-order valence-electron chi connectivity index (χ4n) is 12.5. The zero-order valence-corrected chi connectivity index (χ0v) is 38.2. The van der Waals surface area contributed by atoms with Gasteiger partial charge in [-0.05, 0) is 123 Å². The van der Waals surface area contributed by atoms with Gasteiger partial charge in [-0.3, -0.25) is 0 Å². The number of para-hydroxylation sites is 6. The first-order valence-corrected chi connectivity index (χ1v) is 24.3. The molecule has 2 aliphatic rings. The Morgan fingerprint density at radius 3 is 1.60 bits per heavy atom. The Morgan fingerprint density at radius 1 is 0.300 bits per heavy atom. The van der Waals surface area contributed by atoms with Crippen molar-refractivity contribution in [3.8, 4) is 44.8 Å². The van der Waals surface area contributed by atoms with Crippen LogP contribution in [0.2, 0.25) is 0 Å². The maximum Gasteiger partial charge on any atom is 0.0754 e. The molecule has 0 saturated heterocycles. The van der Waals surface area contributed by atoms with E-state index in [1.165, 1.54) is 93.8 Å². The summed E-state index contributed by atoms with van der Waals surface area (Å²) in [5.41, 5.74) is 22.5. The second kappa shape index (κ2) is 14.9. The minimum atomic E-state index is -0.532. The molecule has 3 heteroatoms. The number of hydrogen-bond donors (Lipinski definition) is 0. The van der Waals surface area contributed by atoms with Crippen LogP contribution < -0.4 is 4.90 Å². The Kier molecular flexibility index (Phi) is 8.28. The topological polar surface area (TPSA) is 13.1 Å². The van der Waals surface area contributed by atoms with Crippen LogP contribution in [0.3, 0.4) is 0 Å². The molecular weight excluding hydrogens is 847 g/mol. The molecule has 0 fully saturated rings. The predicted octanol–water partition coefficient (Wildman–Crippen LogP) is 17.4. The highest BCUT2D eigenvalue weighted by atomic mass is 15.1. The Morgan fingerprint density at radius 2 is 0.829 bits per heavy atom. The number of hydrogen-bond acceptors (Lipinski definition) is 1. The zero-order chi connectivity index (χ0) is 45.9. The SMILES string of the molecule is c1ccc(-c2cccc(-c3ccccc3N(c3ccc(-n4c5ccccc5c5ccccc54)cc3)c3ccc4c(c3)-c3ccccc3C43c4ccccc4-n4c5ccccc5c5cccc3c54)c2)cc1. The molecule has 13 aromatic rings. The molecule has 11 aromatic carbocycles. The Hall–Kier alpha value is -9.18. The molecule has 0 saturated carbocycles. The van der Waals surface area contributed by atoms with Gasteiger partial charge in [0.25, 0.3) is 0 Å². The highest BCUT2D eigenvalue weighted by Crippen LogP contribution is 2.62. The largest absolute Gasteiger partial charge is 0.310 e. The van der Waals surface area contributed by atoms with Gasteiger partial charge in [0, 0.05) is 44.2 Å².